The second-order valence-electron chi connectivity index (χ2n) is 4.25. The van der Waals surface area contributed by atoms with E-state index in [1.807, 2.05) is 0 Å². The highest BCUT2D eigenvalue weighted by atomic mass is 16.4. The van der Waals surface area contributed by atoms with Gasteiger partial charge in [0.1, 0.15) is 5.54 Å². The Labute approximate surface area is 87.9 Å². The maximum atomic E-state index is 10.8. The first-order chi connectivity index (χ1) is 6.85. The van der Waals surface area contributed by atoms with Crippen LogP contribution in [0.3, 0.4) is 0 Å². The van der Waals surface area contributed by atoms with Crippen LogP contribution in [0.1, 0.15) is 19.3 Å². The molecule has 0 unspecified atom stereocenters. The molecule has 1 aliphatic carbocycles. The van der Waals surface area contributed by atoms with Gasteiger partial charge in [-0.15, -0.1) is 0 Å². The molecule has 6 nitrogen and oxygen atoms in total. The number of aliphatic hydroxyl groups excluding tert-OH is 1. The highest BCUT2D eigenvalue weighted by Gasteiger charge is 2.47. The maximum absolute atomic E-state index is 10.8. The van der Waals surface area contributed by atoms with Crippen molar-refractivity contribution < 1.29 is 25.1 Å². The standard InChI is InChI=1S/C8H16BNO5/c10-8(7(12)13)3-5(6(11)4-8)1-2-9(14)15/h5-6,11,14-15H,1-4,10H2,(H,12,13)/t5-,6-,8-/m1/s1. The van der Waals surface area contributed by atoms with Crippen LogP contribution < -0.4 is 5.73 Å². The van der Waals surface area contributed by atoms with E-state index >= 15 is 0 Å². The molecule has 1 saturated carbocycles. The fourth-order valence-corrected chi connectivity index (χ4v) is 2.06. The van der Waals surface area contributed by atoms with Gasteiger partial charge in [0.2, 0.25) is 0 Å². The summed E-state index contributed by atoms with van der Waals surface area (Å²) >= 11 is 0. The molecule has 1 rings (SSSR count). The van der Waals surface area contributed by atoms with E-state index in [1.54, 1.807) is 0 Å². The molecule has 0 radical (unpaired) electrons. The summed E-state index contributed by atoms with van der Waals surface area (Å²) in [5.74, 6) is -1.39. The molecule has 7 heteroatoms. The number of hydrogen-bond donors (Lipinski definition) is 5. The van der Waals surface area contributed by atoms with Gasteiger partial charge in [0, 0.05) is 6.42 Å². The molecular weight excluding hydrogens is 201 g/mol. The summed E-state index contributed by atoms with van der Waals surface area (Å²) in [5, 5.41) is 35.8. The molecule has 0 aliphatic heterocycles. The predicted octanol–water partition coefficient (Wildman–Crippen LogP) is -1.60. The third-order valence-electron chi connectivity index (χ3n) is 2.97. The molecule has 15 heavy (non-hydrogen) atoms. The SMILES string of the molecule is N[C@]1(C(=O)O)C[C@@H](CCB(O)O)[C@H](O)C1. The number of carbonyl (C=O) groups is 1. The van der Waals surface area contributed by atoms with Gasteiger partial charge in [0.15, 0.2) is 0 Å². The lowest BCUT2D eigenvalue weighted by molar-refractivity contribution is -0.143. The Bertz CT molecular complexity index is 249. The zero-order valence-corrected chi connectivity index (χ0v) is 8.33. The number of rotatable bonds is 4. The van der Waals surface area contributed by atoms with Crippen molar-refractivity contribution in [3.63, 3.8) is 0 Å². The smallest absolute Gasteiger partial charge is 0.451 e. The van der Waals surface area contributed by atoms with Gasteiger partial charge < -0.3 is 26.0 Å². The second-order valence-corrected chi connectivity index (χ2v) is 4.25. The largest absolute Gasteiger partial charge is 0.480 e. The molecule has 0 bridgehead atoms. The first-order valence-electron chi connectivity index (χ1n) is 4.91. The van der Waals surface area contributed by atoms with Crippen LogP contribution in [0, 0.1) is 5.92 Å². The average Bonchev–Trinajstić information content (AvgIpc) is 2.39. The summed E-state index contributed by atoms with van der Waals surface area (Å²) in [6.07, 6.45) is -0.0856. The number of aliphatic hydroxyl groups is 1. The van der Waals surface area contributed by atoms with Crippen molar-refractivity contribution in [1.29, 1.82) is 0 Å². The van der Waals surface area contributed by atoms with E-state index in [9.17, 15) is 9.90 Å². The third kappa shape index (κ3) is 2.91. The number of carboxylic acids is 1. The van der Waals surface area contributed by atoms with E-state index in [-0.39, 0.29) is 25.1 Å². The minimum Gasteiger partial charge on any atom is -0.480 e. The van der Waals surface area contributed by atoms with Crippen molar-refractivity contribution >= 4 is 13.1 Å². The topological polar surface area (TPSA) is 124 Å². The van der Waals surface area contributed by atoms with Crippen molar-refractivity contribution in [1.82, 2.24) is 0 Å². The van der Waals surface area contributed by atoms with Crippen LogP contribution in [0.25, 0.3) is 0 Å². The lowest BCUT2D eigenvalue weighted by Crippen LogP contribution is -2.45. The number of aliphatic carboxylic acids is 1. The van der Waals surface area contributed by atoms with E-state index in [2.05, 4.69) is 0 Å². The zero-order valence-electron chi connectivity index (χ0n) is 8.33. The fourth-order valence-electron chi connectivity index (χ4n) is 2.06. The Morgan fingerprint density at radius 2 is 2.07 bits per heavy atom. The first kappa shape index (κ1) is 12.4. The van der Waals surface area contributed by atoms with E-state index in [4.69, 9.17) is 20.9 Å². The predicted molar refractivity (Wildman–Crippen MR) is 52.9 cm³/mol. The summed E-state index contributed by atoms with van der Waals surface area (Å²) in [5.41, 5.74) is 4.23. The molecule has 0 aromatic rings. The minimum atomic E-state index is -1.42. The van der Waals surface area contributed by atoms with Gasteiger partial charge in [-0.3, -0.25) is 4.79 Å². The summed E-state index contributed by atoms with van der Waals surface area (Å²) in [6, 6.07) is 0. The molecule has 0 spiro atoms. The van der Waals surface area contributed by atoms with Crippen LogP contribution in [-0.4, -0.2) is 45.0 Å². The number of hydrogen-bond acceptors (Lipinski definition) is 5. The fraction of sp³-hybridized carbons (Fsp3) is 0.875. The lowest BCUT2D eigenvalue weighted by atomic mass is 9.80. The lowest BCUT2D eigenvalue weighted by Gasteiger charge is -2.17. The summed E-state index contributed by atoms with van der Waals surface area (Å²) in [6.45, 7) is 0. The van der Waals surface area contributed by atoms with E-state index < -0.39 is 24.7 Å². The summed E-state index contributed by atoms with van der Waals surface area (Å²) in [7, 11) is -1.42. The monoisotopic (exact) mass is 217 g/mol. The van der Waals surface area contributed by atoms with Crippen LogP contribution in [0.5, 0.6) is 0 Å². The van der Waals surface area contributed by atoms with Gasteiger partial charge in [0.05, 0.1) is 6.10 Å². The zero-order chi connectivity index (χ0) is 11.6. The van der Waals surface area contributed by atoms with Gasteiger partial charge in [-0.1, -0.05) is 0 Å². The molecule has 0 heterocycles. The highest BCUT2D eigenvalue weighted by Crippen LogP contribution is 2.36. The molecule has 1 aliphatic rings. The maximum Gasteiger partial charge on any atom is 0.451 e. The molecular formula is C8H16BNO5. The summed E-state index contributed by atoms with van der Waals surface area (Å²) in [4.78, 5) is 10.8. The van der Waals surface area contributed by atoms with Crippen LogP contribution >= 0.6 is 0 Å². The first-order valence-corrected chi connectivity index (χ1v) is 4.91. The van der Waals surface area contributed by atoms with Gasteiger partial charge in [0.25, 0.3) is 0 Å². The van der Waals surface area contributed by atoms with E-state index in [0.717, 1.165) is 0 Å². The number of carboxylic acid groups (broad SMARTS) is 1. The number of nitrogens with two attached hydrogens (primary N) is 1. The Balaban J connectivity index is 2.53. The minimum absolute atomic E-state index is 0.0223. The third-order valence-corrected chi connectivity index (χ3v) is 2.97. The van der Waals surface area contributed by atoms with Crippen molar-refractivity contribution in [2.24, 2.45) is 11.7 Å². The molecule has 1 fully saturated rings. The van der Waals surface area contributed by atoms with Crippen molar-refractivity contribution in [3.8, 4) is 0 Å². The van der Waals surface area contributed by atoms with Gasteiger partial charge in [-0.05, 0) is 25.1 Å². The molecule has 3 atom stereocenters. The molecule has 0 amide bonds. The van der Waals surface area contributed by atoms with Gasteiger partial charge in [-0.25, -0.2) is 0 Å². The molecule has 86 valence electrons. The average molecular weight is 217 g/mol. The molecule has 0 aromatic carbocycles. The molecule has 0 saturated heterocycles. The summed E-state index contributed by atoms with van der Waals surface area (Å²) < 4.78 is 0. The normalized spacial score (nSPS) is 35.5. The van der Waals surface area contributed by atoms with Crippen molar-refractivity contribution in [2.45, 2.75) is 37.2 Å². The van der Waals surface area contributed by atoms with Gasteiger partial charge in [-0.2, -0.15) is 0 Å². The van der Waals surface area contributed by atoms with Gasteiger partial charge >= 0.3 is 13.1 Å². The quantitative estimate of drug-likeness (QED) is 0.361. The van der Waals surface area contributed by atoms with Crippen LogP contribution in [-0.2, 0) is 4.79 Å². The van der Waals surface area contributed by atoms with Crippen molar-refractivity contribution in [2.75, 3.05) is 0 Å². The van der Waals surface area contributed by atoms with Crippen molar-refractivity contribution in [3.05, 3.63) is 0 Å². The Morgan fingerprint density at radius 3 is 2.47 bits per heavy atom. The van der Waals surface area contributed by atoms with Crippen LogP contribution in [0.15, 0.2) is 0 Å². The Kier molecular flexibility index (Phi) is 3.72. The van der Waals surface area contributed by atoms with Crippen LogP contribution in [0.4, 0.5) is 0 Å². The second kappa shape index (κ2) is 4.48. The highest BCUT2D eigenvalue weighted by molar-refractivity contribution is 6.40. The van der Waals surface area contributed by atoms with Crippen LogP contribution in [0.2, 0.25) is 6.32 Å². The van der Waals surface area contributed by atoms with E-state index in [0.29, 0.717) is 6.42 Å². The molecule has 6 N–H and O–H groups in total. The Hall–Kier alpha value is -0.625. The molecule has 0 aromatic heterocycles. The van der Waals surface area contributed by atoms with E-state index in [1.165, 1.54) is 0 Å². The Morgan fingerprint density at radius 1 is 1.47 bits per heavy atom.